The molecule has 0 aliphatic carbocycles. The maximum atomic E-state index is 9.74. The second kappa shape index (κ2) is 5.06. The van der Waals surface area contributed by atoms with Crippen molar-refractivity contribution >= 4 is 16.5 Å². The molecule has 1 atom stereocenters. The monoisotopic (exact) mass is 231 g/mol. The van der Waals surface area contributed by atoms with Crippen LogP contribution in [0.4, 0.5) is 5.69 Å². The van der Waals surface area contributed by atoms with Crippen LogP contribution >= 0.6 is 0 Å². The minimum atomic E-state index is -0.345. The summed E-state index contributed by atoms with van der Waals surface area (Å²) in [5, 5.41) is 24.3. The van der Waals surface area contributed by atoms with Crippen molar-refractivity contribution in [2.75, 3.05) is 11.9 Å². The van der Waals surface area contributed by atoms with E-state index in [0.29, 0.717) is 6.54 Å². The smallest absolute Gasteiger partial charge is 0.123 e. The number of phenols is 1. The Bertz CT molecular complexity index is 511. The summed E-state index contributed by atoms with van der Waals surface area (Å²) in [5.41, 5.74) is 0.936. The summed E-state index contributed by atoms with van der Waals surface area (Å²) in [6.45, 7) is 2.46. The zero-order valence-corrected chi connectivity index (χ0v) is 9.85. The molecule has 3 heteroatoms. The van der Waals surface area contributed by atoms with Gasteiger partial charge in [-0.3, -0.25) is 0 Å². The van der Waals surface area contributed by atoms with Crippen LogP contribution in [0.25, 0.3) is 10.8 Å². The molecule has 1 unspecified atom stereocenters. The second-order valence-electron chi connectivity index (χ2n) is 4.12. The van der Waals surface area contributed by atoms with Crippen molar-refractivity contribution in [1.82, 2.24) is 0 Å². The number of aliphatic hydroxyl groups excluding tert-OH is 1. The number of phenolic OH excluding ortho intramolecular Hbond substituents is 1. The molecule has 0 heterocycles. The van der Waals surface area contributed by atoms with Crippen LogP contribution in [0.15, 0.2) is 36.4 Å². The van der Waals surface area contributed by atoms with Gasteiger partial charge in [0.05, 0.1) is 6.10 Å². The number of fused-ring (bicyclic) bond motifs is 1. The SMILES string of the molecule is CCC(O)CNc1cccc2c(O)cccc12. The van der Waals surface area contributed by atoms with E-state index in [0.717, 1.165) is 22.9 Å². The van der Waals surface area contributed by atoms with Gasteiger partial charge in [0.2, 0.25) is 0 Å². The van der Waals surface area contributed by atoms with E-state index in [1.807, 2.05) is 37.3 Å². The number of hydrogen-bond donors (Lipinski definition) is 3. The van der Waals surface area contributed by atoms with Gasteiger partial charge in [-0.15, -0.1) is 0 Å². The van der Waals surface area contributed by atoms with E-state index in [9.17, 15) is 10.2 Å². The van der Waals surface area contributed by atoms with Crippen LogP contribution < -0.4 is 5.32 Å². The fourth-order valence-electron chi connectivity index (χ4n) is 1.82. The Morgan fingerprint density at radius 1 is 1.12 bits per heavy atom. The number of hydrogen-bond acceptors (Lipinski definition) is 3. The Hall–Kier alpha value is -1.74. The van der Waals surface area contributed by atoms with E-state index in [2.05, 4.69) is 5.32 Å². The third-order valence-electron chi connectivity index (χ3n) is 2.90. The Balaban J connectivity index is 2.31. The highest BCUT2D eigenvalue weighted by Crippen LogP contribution is 2.29. The fourth-order valence-corrected chi connectivity index (χ4v) is 1.82. The van der Waals surface area contributed by atoms with E-state index >= 15 is 0 Å². The van der Waals surface area contributed by atoms with Gasteiger partial charge in [-0.25, -0.2) is 0 Å². The molecule has 0 aliphatic heterocycles. The van der Waals surface area contributed by atoms with Gasteiger partial charge in [0.15, 0.2) is 0 Å². The van der Waals surface area contributed by atoms with E-state index in [1.54, 1.807) is 6.07 Å². The highest BCUT2D eigenvalue weighted by Gasteiger charge is 2.05. The quantitative estimate of drug-likeness (QED) is 0.758. The molecular weight excluding hydrogens is 214 g/mol. The number of rotatable bonds is 4. The molecule has 0 aromatic heterocycles. The molecule has 2 rings (SSSR count). The molecule has 0 saturated heterocycles. The largest absolute Gasteiger partial charge is 0.507 e. The van der Waals surface area contributed by atoms with Crippen LogP contribution in [-0.2, 0) is 0 Å². The van der Waals surface area contributed by atoms with Crippen LogP contribution in [0.5, 0.6) is 5.75 Å². The molecule has 0 spiro atoms. The lowest BCUT2D eigenvalue weighted by Gasteiger charge is -2.13. The fraction of sp³-hybridized carbons (Fsp3) is 0.286. The zero-order valence-electron chi connectivity index (χ0n) is 9.85. The van der Waals surface area contributed by atoms with Crippen LogP contribution in [0.1, 0.15) is 13.3 Å². The summed E-state index contributed by atoms with van der Waals surface area (Å²) in [7, 11) is 0. The highest BCUT2D eigenvalue weighted by atomic mass is 16.3. The average Bonchev–Trinajstić information content (AvgIpc) is 2.36. The Kier molecular flexibility index (Phi) is 3.49. The average molecular weight is 231 g/mol. The van der Waals surface area contributed by atoms with E-state index in [-0.39, 0.29) is 11.9 Å². The van der Waals surface area contributed by atoms with Gasteiger partial charge in [0.1, 0.15) is 5.75 Å². The maximum Gasteiger partial charge on any atom is 0.123 e. The first-order valence-corrected chi connectivity index (χ1v) is 5.85. The lowest BCUT2D eigenvalue weighted by atomic mass is 10.1. The van der Waals surface area contributed by atoms with Crippen LogP contribution in [0.3, 0.4) is 0 Å². The Labute approximate surface area is 101 Å². The zero-order chi connectivity index (χ0) is 12.3. The van der Waals surface area contributed by atoms with E-state index in [1.165, 1.54) is 0 Å². The number of aliphatic hydroxyl groups is 1. The Morgan fingerprint density at radius 2 is 1.82 bits per heavy atom. The van der Waals surface area contributed by atoms with Gasteiger partial charge in [-0.05, 0) is 18.6 Å². The first-order chi connectivity index (χ1) is 8.22. The summed E-state index contributed by atoms with van der Waals surface area (Å²) in [4.78, 5) is 0. The molecule has 0 bridgehead atoms. The Morgan fingerprint density at radius 3 is 2.59 bits per heavy atom. The lowest BCUT2D eigenvalue weighted by molar-refractivity contribution is 0.183. The van der Waals surface area contributed by atoms with Gasteiger partial charge in [-0.2, -0.15) is 0 Å². The van der Waals surface area contributed by atoms with Crippen molar-refractivity contribution in [2.45, 2.75) is 19.4 Å². The van der Waals surface area contributed by atoms with Crippen molar-refractivity contribution in [3.8, 4) is 5.75 Å². The number of anilines is 1. The topological polar surface area (TPSA) is 52.5 Å². The third-order valence-corrected chi connectivity index (χ3v) is 2.90. The molecule has 0 saturated carbocycles. The molecule has 17 heavy (non-hydrogen) atoms. The van der Waals surface area contributed by atoms with Gasteiger partial charge in [0, 0.05) is 23.0 Å². The van der Waals surface area contributed by atoms with Gasteiger partial charge in [-0.1, -0.05) is 31.2 Å². The molecule has 3 N–H and O–H groups in total. The summed E-state index contributed by atoms with van der Waals surface area (Å²) >= 11 is 0. The molecule has 0 amide bonds. The summed E-state index contributed by atoms with van der Waals surface area (Å²) in [6.07, 6.45) is 0.380. The predicted octanol–water partition coefficient (Wildman–Crippen LogP) is 2.73. The second-order valence-corrected chi connectivity index (χ2v) is 4.12. The van der Waals surface area contributed by atoms with Crippen molar-refractivity contribution in [3.05, 3.63) is 36.4 Å². The molecule has 0 fully saturated rings. The molecule has 3 nitrogen and oxygen atoms in total. The predicted molar refractivity (Wildman–Crippen MR) is 70.4 cm³/mol. The number of benzene rings is 2. The minimum absolute atomic E-state index is 0.280. The van der Waals surface area contributed by atoms with E-state index in [4.69, 9.17) is 0 Å². The molecule has 2 aromatic rings. The van der Waals surface area contributed by atoms with Gasteiger partial charge >= 0.3 is 0 Å². The standard InChI is InChI=1S/C14H17NO2/c1-2-10(16)9-15-13-7-3-6-12-11(13)5-4-8-14(12)17/h3-8,10,15-17H,2,9H2,1H3. The first-order valence-electron chi connectivity index (χ1n) is 5.85. The summed E-state index contributed by atoms with van der Waals surface area (Å²) in [5.74, 6) is 0.280. The molecule has 0 aliphatic rings. The molecule has 90 valence electrons. The van der Waals surface area contributed by atoms with Crippen molar-refractivity contribution in [1.29, 1.82) is 0 Å². The lowest BCUT2D eigenvalue weighted by Crippen LogP contribution is -2.18. The van der Waals surface area contributed by atoms with Crippen molar-refractivity contribution < 1.29 is 10.2 Å². The third kappa shape index (κ3) is 2.50. The molecule has 0 radical (unpaired) electrons. The highest BCUT2D eigenvalue weighted by molar-refractivity contribution is 5.97. The molecule has 2 aromatic carbocycles. The van der Waals surface area contributed by atoms with E-state index < -0.39 is 0 Å². The minimum Gasteiger partial charge on any atom is -0.507 e. The van der Waals surface area contributed by atoms with Crippen LogP contribution in [0, 0.1) is 0 Å². The summed E-state index contributed by atoms with van der Waals surface area (Å²) < 4.78 is 0. The molecular formula is C14H17NO2. The van der Waals surface area contributed by atoms with Gasteiger partial charge in [0.25, 0.3) is 0 Å². The summed E-state index contributed by atoms with van der Waals surface area (Å²) in [6, 6.07) is 11.2. The van der Waals surface area contributed by atoms with Crippen LogP contribution in [-0.4, -0.2) is 22.9 Å². The number of aromatic hydroxyl groups is 1. The van der Waals surface area contributed by atoms with Gasteiger partial charge < -0.3 is 15.5 Å². The first kappa shape index (κ1) is 11.7. The number of nitrogens with one attached hydrogen (secondary N) is 1. The maximum absolute atomic E-state index is 9.74. The van der Waals surface area contributed by atoms with Crippen LogP contribution in [0.2, 0.25) is 0 Å². The normalized spacial score (nSPS) is 12.6. The van der Waals surface area contributed by atoms with Crippen molar-refractivity contribution in [3.63, 3.8) is 0 Å². The van der Waals surface area contributed by atoms with Crippen molar-refractivity contribution in [2.24, 2.45) is 0 Å².